The van der Waals surface area contributed by atoms with Gasteiger partial charge in [0, 0.05) is 0 Å². The van der Waals surface area contributed by atoms with E-state index in [4.69, 9.17) is 0 Å². The van der Waals surface area contributed by atoms with Gasteiger partial charge in [0.15, 0.2) is 0 Å². The molecule has 1 aromatic carbocycles. The molecule has 0 spiro atoms. The minimum absolute atomic E-state index is 1.07. The highest BCUT2D eigenvalue weighted by molar-refractivity contribution is 5.86. The molecular formula is C17H18. The van der Waals surface area contributed by atoms with Crippen molar-refractivity contribution in [1.29, 1.82) is 0 Å². The van der Waals surface area contributed by atoms with Crippen LogP contribution in [0.3, 0.4) is 0 Å². The van der Waals surface area contributed by atoms with E-state index < -0.39 is 0 Å². The molecule has 0 N–H and O–H groups in total. The SMILES string of the molecule is C=C/C=C(\C=C)c1ccccc1/C(C=C)=C/C. The Labute approximate surface area is 104 Å². The maximum atomic E-state index is 3.85. The first-order valence-corrected chi connectivity index (χ1v) is 5.62. The minimum Gasteiger partial charge on any atom is -0.0990 e. The molecular weight excluding hydrogens is 204 g/mol. The van der Waals surface area contributed by atoms with E-state index in [-0.39, 0.29) is 0 Å². The molecule has 0 nitrogen and oxygen atoms in total. The average molecular weight is 222 g/mol. The summed E-state index contributed by atoms with van der Waals surface area (Å²) in [6.45, 7) is 13.4. The zero-order valence-electron chi connectivity index (χ0n) is 10.3. The van der Waals surface area contributed by atoms with Gasteiger partial charge in [-0.15, -0.1) is 0 Å². The van der Waals surface area contributed by atoms with Gasteiger partial charge in [-0.3, -0.25) is 0 Å². The summed E-state index contributed by atoms with van der Waals surface area (Å²) in [5.74, 6) is 0. The van der Waals surface area contributed by atoms with Gasteiger partial charge in [0.25, 0.3) is 0 Å². The van der Waals surface area contributed by atoms with Crippen molar-refractivity contribution in [2.45, 2.75) is 6.92 Å². The lowest BCUT2D eigenvalue weighted by molar-refractivity contribution is 1.54. The summed E-state index contributed by atoms with van der Waals surface area (Å²) >= 11 is 0. The molecule has 0 unspecified atom stereocenters. The molecule has 0 heterocycles. The summed E-state index contributed by atoms with van der Waals surface area (Å²) in [5, 5.41) is 0. The van der Waals surface area contributed by atoms with Crippen LogP contribution in [0.25, 0.3) is 11.1 Å². The van der Waals surface area contributed by atoms with Gasteiger partial charge in [0.1, 0.15) is 0 Å². The summed E-state index contributed by atoms with van der Waals surface area (Å²) in [4.78, 5) is 0. The smallest absolute Gasteiger partial charge is 0.0106 e. The second-order valence-corrected chi connectivity index (χ2v) is 3.56. The molecule has 0 aromatic heterocycles. The van der Waals surface area contributed by atoms with Crippen LogP contribution >= 0.6 is 0 Å². The zero-order valence-corrected chi connectivity index (χ0v) is 10.3. The van der Waals surface area contributed by atoms with E-state index in [1.165, 1.54) is 0 Å². The third kappa shape index (κ3) is 2.94. The normalized spacial score (nSPS) is 12.1. The number of benzene rings is 1. The van der Waals surface area contributed by atoms with Gasteiger partial charge in [-0.1, -0.05) is 74.4 Å². The first kappa shape index (κ1) is 13.0. The Morgan fingerprint density at radius 1 is 0.941 bits per heavy atom. The number of allylic oxidation sites excluding steroid dienone is 7. The number of rotatable bonds is 5. The van der Waals surface area contributed by atoms with Crippen molar-refractivity contribution >= 4 is 11.1 Å². The van der Waals surface area contributed by atoms with E-state index in [9.17, 15) is 0 Å². The minimum atomic E-state index is 1.07. The summed E-state index contributed by atoms with van der Waals surface area (Å²) < 4.78 is 0. The van der Waals surface area contributed by atoms with Crippen LogP contribution in [-0.4, -0.2) is 0 Å². The highest BCUT2D eigenvalue weighted by Gasteiger charge is 2.05. The van der Waals surface area contributed by atoms with Gasteiger partial charge in [-0.2, -0.15) is 0 Å². The van der Waals surface area contributed by atoms with Crippen LogP contribution < -0.4 is 0 Å². The van der Waals surface area contributed by atoms with Crippen molar-refractivity contribution in [1.82, 2.24) is 0 Å². The topological polar surface area (TPSA) is 0 Å². The lowest BCUT2D eigenvalue weighted by Crippen LogP contribution is -1.90. The van der Waals surface area contributed by atoms with Crippen LogP contribution in [0.2, 0.25) is 0 Å². The van der Waals surface area contributed by atoms with Crippen LogP contribution in [0.15, 0.2) is 74.4 Å². The summed E-state index contributed by atoms with van der Waals surface area (Å²) in [7, 11) is 0. The summed E-state index contributed by atoms with van der Waals surface area (Å²) in [6, 6.07) is 8.22. The van der Waals surface area contributed by atoms with Crippen LogP contribution in [0.1, 0.15) is 18.1 Å². The first-order chi connectivity index (χ1) is 8.28. The number of hydrogen-bond acceptors (Lipinski definition) is 0. The van der Waals surface area contributed by atoms with Crippen molar-refractivity contribution in [3.05, 3.63) is 85.5 Å². The highest BCUT2D eigenvalue weighted by atomic mass is 14.1. The molecule has 86 valence electrons. The molecule has 1 rings (SSSR count). The third-order valence-electron chi connectivity index (χ3n) is 2.60. The highest BCUT2D eigenvalue weighted by Crippen LogP contribution is 2.26. The van der Waals surface area contributed by atoms with Gasteiger partial charge in [0.05, 0.1) is 0 Å². The van der Waals surface area contributed by atoms with E-state index in [0.717, 1.165) is 22.3 Å². The molecule has 0 aliphatic rings. The van der Waals surface area contributed by atoms with Crippen LogP contribution in [0.5, 0.6) is 0 Å². The quantitative estimate of drug-likeness (QED) is 0.613. The third-order valence-corrected chi connectivity index (χ3v) is 2.60. The Bertz CT molecular complexity index is 485. The van der Waals surface area contributed by atoms with Gasteiger partial charge in [-0.05, 0) is 29.2 Å². The molecule has 0 saturated heterocycles. The predicted octanol–water partition coefficient (Wildman–Crippen LogP) is 5.03. The van der Waals surface area contributed by atoms with E-state index in [1.807, 2.05) is 37.3 Å². The van der Waals surface area contributed by atoms with Gasteiger partial charge >= 0.3 is 0 Å². The van der Waals surface area contributed by atoms with Gasteiger partial charge in [-0.25, -0.2) is 0 Å². The molecule has 0 fully saturated rings. The second-order valence-electron chi connectivity index (χ2n) is 3.56. The molecule has 0 atom stereocenters. The molecule has 0 radical (unpaired) electrons. The first-order valence-electron chi connectivity index (χ1n) is 5.62. The van der Waals surface area contributed by atoms with E-state index in [1.54, 1.807) is 6.08 Å². The van der Waals surface area contributed by atoms with E-state index >= 15 is 0 Å². The molecule has 0 aliphatic carbocycles. The molecule has 17 heavy (non-hydrogen) atoms. The molecule has 0 heteroatoms. The van der Waals surface area contributed by atoms with Crippen molar-refractivity contribution in [3.63, 3.8) is 0 Å². The average Bonchev–Trinajstić information content (AvgIpc) is 2.38. The molecule has 0 aliphatic heterocycles. The fraction of sp³-hybridized carbons (Fsp3) is 0.0588. The fourth-order valence-corrected chi connectivity index (χ4v) is 1.76. The summed E-state index contributed by atoms with van der Waals surface area (Å²) in [6.07, 6.45) is 9.50. The maximum Gasteiger partial charge on any atom is -0.0106 e. The molecule has 0 saturated carbocycles. The lowest BCUT2D eigenvalue weighted by atomic mass is 9.94. The van der Waals surface area contributed by atoms with Crippen LogP contribution in [0.4, 0.5) is 0 Å². The second kappa shape index (κ2) is 6.49. The fourth-order valence-electron chi connectivity index (χ4n) is 1.76. The Hall–Kier alpha value is -2.08. The summed E-state index contributed by atoms with van der Waals surface area (Å²) in [5.41, 5.74) is 4.50. The van der Waals surface area contributed by atoms with Crippen molar-refractivity contribution in [2.24, 2.45) is 0 Å². The Morgan fingerprint density at radius 3 is 1.88 bits per heavy atom. The lowest BCUT2D eigenvalue weighted by Gasteiger charge is -2.10. The Balaban J connectivity index is 3.44. The largest absolute Gasteiger partial charge is 0.0990 e. The van der Waals surface area contributed by atoms with Gasteiger partial charge < -0.3 is 0 Å². The van der Waals surface area contributed by atoms with Crippen LogP contribution in [-0.2, 0) is 0 Å². The predicted molar refractivity (Wildman–Crippen MR) is 78.7 cm³/mol. The van der Waals surface area contributed by atoms with E-state index in [0.29, 0.717) is 0 Å². The van der Waals surface area contributed by atoms with Crippen LogP contribution in [0, 0.1) is 0 Å². The molecule has 0 amide bonds. The Kier molecular flexibility index (Phi) is 4.96. The zero-order chi connectivity index (χ0) is 12.7. The molecule has 1 aromatic rings. The van der Waals surface area contributed by atoms with Gasteiger partial charge in [0.2, 0.25) is 0 Å². The van der Waals surface area contributed by atoms with Crippen molar-refractivity contribution in [2.75, 3.05) is 0 Å². The van der Waals surface area contributed by atoms with E-state index in [2.05, 4.69) is 37.9 Å². The monoisotopic (exact) mass is 222 g/mol. The number of hydrogen-bond donors (Lipinski definition) is 0. The van der Waals surface area contributed by atoms with Crippen molar-refractivity contribution in [3.8, 4) is 0 Å². The Morgan fingerprint density at radius 2 is 1.47 bits per heavy atom. The van der Waals surface area contributed by atoms with Crippen molar-refractivity contribution < 1.29 is 0 Å². The molecule has 0 bridgehead atoms. The standard InChI is InChI=1S/C17H18/c1-5-11-15(8-4)17-13-10-9-12-16(17)14(6-2)7-3/h5-13H,1-2,4H2,3H3/b14-7+,15-11+. The maximum absolute atomic E-state index is 3.85.